The Labute approximate surface area is 111 Å². The number of carboxylic acid groups (broad SMARTS) is 1. The highest BCUT2D eigenvalue weighted by atomic mass is 16.4. The van der Waals surface area contributed by atoms with E-state index in [2.05, 4.69) is 10.2 Å². The molecule has 2 N–H and O–H groups in total. The third-order valence-electron chi connectivity index (χ3n) is 2.86. The summed E-state index contributed by atoms with van der Waals surface area (Å²) in [6.07, 6.45) is 0. The largest absolute Gasteiger partial charge is 0.475 e. The maximum Gasteiger partial charge on any atom is 0.371 e. The molecule has 0 radical (unpaired) electrons. The molecule has 0 unspecified atom stereocenters. The third kappa shape index (κ3) is 3.56. The molecule has 0 bridgehead atoms. The average molecular weight is 262 g/mol. The Kier molecular flexibility index (Phi) is 4.19. The average Bonchev–Trinajstić information content (AvgIpc) is 2.77. The molecule has 2 rings (SSSR count). The number of rotatable bonds is 6. The van der Waals surface area contributed by atoms with Gasteiger partial charge in [-0.2, -0.15) is 0 Å². The number of fused-ring (bicyclic) bond motifs is 1. The van der Waals surface area contributed by atoms with Crippen molar-refractivity contribution in [3.8, 4) is 0 Å². The Bertz CT molecular complexity index is 575. The number of hydrogen-bond acceptors (Lipinski definition) is 4. The number of benzene rings is 1. The second-order valence-electron chi connectivity index (χ2n) is 4.77. The van der Waals surface area contributed by atoms with Crippen LogP contribution in [0.5, 0.6) is 0 Å². The van der Waals surface area contributed by atoms with Gasteiger partial charge in [0.25, 0.3) is 0 Å². The molecular weight excluding hydrogens is 244 g/mol. The van der Waals surface area contributed by atoms with Crippen LogP contribution in [0.4, 0.5) is 0 Å². The fraction of sp³-hybridized carbons (Fsp3) is 0.357. The molecule has 0 amide bonds. The lowest BCUT2D eigenvalue weighted by atomic mass is 10.1. The zero-order valence-corrected chi connectivity index (χ0v) is 11.1. The topological polar surface area (TPSA) is 65.7 Å². The summed E-state index contributed by atoms with van der Waals surface area (Å²) in [6.45, 7) is 2.66. The molecule has 5 nitrogen and oxygen atoms in total. The van der Waals surface area contributed by atoms with Gasteiger partial charge in [-0.3, -0.25) is 0 Å². The lowest BCUT2D eigenvalue weighted by Crippen LogP contribution is -2.26. The molecule has 0 spiro atoms. The number of carbonyl (C=O) groups is 1. The minimum Gasteiger partial charge on any atom is -0.475 e. The van der Waals surface area contributed by atoms with Crippen molar-refractivity contribution in [2.24, 2.45) is 0 Å². The summed E-state index contributed by atoms with van der Waals surface area (Å²) in [5.74, 6) is -1.06. The molecular formula is C14H18N2O3. The fourth-order valence-corrected chi connectivity index (χ4v) is 1.84. The van der Waals surface area contributed by atoms with Crippen molar-refractivity contribution in [1.29, 1.82) is 0 Å². The molecule has 1 heterocycles. The van der Waals surface area contributed by atoms with Crippen LogP contribution < -0.4 is 5.32 Å². The Balaban J connectivity index is 2.02. The normalized spacial score (nSPS) is 11.3. The molecule has 1 aromatic carbocycles. The van der Waals surface area contributed by atoms with E-state index in [0.717, 1.165) is 30.6 Å². The summed E-state index contributed by atoms with van der Waals surface area (Å²) in [7, 11) is 4.07. The van der Waals surface area contributed by atoms with Gasteiger partial charge in [0.2, 0.25) is 5.76 Å². The fourth-order valence-electron chi connectivity index (χ4n) is 1.84. The van der Waals surface area contributed by atoms with Crippen LogP contribution in [-0.4, -0.2) is 43.2 Å². The summed E-state index contributed by atoms with van der Waals surface area (Å²) in [6, 6.07) is 7.26. The molecule has 102 valence electrons. The van der Waals surface area contributed by atoms with E-state index in [0.29, 0.717) is 5.58 Å². The van der Waals surface area contributed by atoms with Gasteiger partial charge in [0, 0.05) is 25.0 Å². The smallest absolute Gasteiger partial charge is 0.371 e. The maximum absolute atomic E-state index is 10.8. The van der Waals surface area contributed by atoms with Crippen LogP contribution in [0.15, 0.2) is 28.7 Å². The maximum atomic E-state index is 10.8. The zero-order chi connectivity index (χ0) is 13.8. The molecule has 0 aliphatic rings. The highest BCUT2D eigenvalue weighted by Gasteiger charge is 2.10. The molecule has 0 aliphatic carbocycles. The molecule has 0 saturated carbocycles. The second-order valence-corrected chi connectivity index (χ2v) is 4.77. The predicted octanol–water partition coefficient (Wildman–Crippen LogP) is 1.78. The van der Waals surface area contributed by atoms with E-state index in [1.807, 2.05) is 32.3 Å². The van der Waals surface area contributed by atoms with Crippen LogP contribution >= 0.6 is 0 Å². The van der Waals surface area contributed by atoms with E-state index < -0.39 is 5.97 Å². The van der Waals surface area contributed by atoms with Crippen LogP contribution in [0.1, 0.15) is 16.1 Å². The van der Waals surface area contributed by atoms with Gasteiger partial charge in [0.05, 0.1) is 0 Å². The Morgan fingerprint density at radius 1 is 1.37 bits per heavy atom. The van der Waals surface area contributed by atoms with Crippen LogP contribution in [0.3, 0.4) is 0 Å². The number of nitrogens with zero attached hydrogens (tertiary/aromatic N) is 1. The van der Waals surface area contributed by atoms with Crippen molar-refractivity contribution in [2.75, 3.05) is 27.2 Å². The Morgan fingerprint density at radius 3 is 2.84 bits per heavy atom. The van der Waals surface area contributed by atoms with Gasteiger partial charge in [-0.25, -0.2) is 4.79 Å². The van der Waals surface area contributed by atoms with Gasteiger partial charge in [-0.1, -0.05) is 6.07 Å². The number of hydrogen-bond donors (Lipinski definition) is 2. The minimum atomic E-state index is -1.04. The van der Waals surface area contributed by atoms with Crippen LogP contribution in [-0.2, 0) is 6.54 Å². The lowest BCUT2D eigenvalue weighted by molar-refractivity contribution is 0.0665. The number of carboxylic acids is 1. The van der Waals surface area contributed by atoms with Crippen molar-refractivity contribution >= 4 is 16.9 Å². The van der Waals surface area contributed by atoms with Crippen molar-refractivity contribution in [1.82, 2.24) is 10.2 Å². The van der Waals surface area contributed by atoms with Crippen LogP contribution in [0, 0.1) is 0 Å². The lowest BCUT2D eigenvalue weighted by Gasteiger charge is -2.10. The summed E-state index contributed by atoms with van der Waals surface area (Å²) in [4.78, 5) is 12.9. The first-order valence-corrected chi connectivity index (χ1v) is 6.17. The number of likely N-dealkylation sites (N-methyl/N-ethyl adjacent to an activating group) is 1. The zero-order valence-electron chi connectivity index (χ0n) is 11.1. The quantitative estimate of drug-likeness (QED) is 0.777. The van der Waals surface area contributed by atoms with Crippen LogP contribution in [0.25, 0.3) is 11.0 Å². The summed E-state index contributed by atoms with van der Waals surface area (Å²) >= 11 is 0. The minimum absolute atomic E-state index is 0.0206. The Morgan fingerprint density at radius 2 is 2.16 bits per heavy atom. The third-order valence-corrected chi connectivity index (χ3v) is 2.86. The molecule has 19 heavy (non-hydrogen) atoms. The molecule has 2 aromatic rings. The number of furan rings is 1. The van der Waals surface area contributed by atoms with Crippen molar-refractivity contribution < 1.29 is 14.3 Å². The first kappa shape index (κ1) is 13.6. The van der Waals surface area contributed by atoms with E-state index in [9.17, 15) is 4.79 Å². The molecule has 0 fully saturated rings. The van der Waals surface area contributed by atoms with Gasteiger partial charge in [0.1, 0.15) is 5.58 Å². The van der Waals surface area contributed by atoms with E-state index in [1.54, 1.807) is 6.07 Å². The Hall–Kier alpha value is -1.85. The number of aromatic carboxylic acids is 1. The van der Waals surface area contributed by atoms with E-state index >= 15 is 0 Å². The van der Waals surface area contributed by atoms with Crippen molar-refractivity contribution in [3.05, 3.63) is 35.6 Å². The highest BCUT2D eigenvalue weighted by Crippen LogP contribution is 2.20. The monoisotopic (exact) mass is 262 g/mol. The molecule has 0 atom stereocenters. The van der Waals surface area contributed by atoms with Crippen molar-refractivity contribution in [3.63, 3.8) is 0 Å². The molecule has 5 heteroatoms. The molecule has 0 aliphatic heterocycles. The SMILES string of the molecule is CN(C)CCNCc1ccc2oc(C(=O)O)cc2c1. The summed E-state index contributed by atoms with van der Waals surface area (Å²) in [5.41, 5.74) is 1.72. The number of nitrogens with one attached hydrogen (secondary N) is 1. The molecule has 0 saturated heterocycles. The van der Waals surface area contributed by atoms with Gasteiger partial charge in [-0.05, 0) is 37.9 Å². The van der Waals surface area contributed by atoms with Gasteiger partial charge in [0.15, 0.2) is 0 Å². The predicted molar refractivity (Wildman–Crippen MR) is 73.4 cm³/mol. The van der Waals surface area contributed by atoms with E-state index in [4.69, 9.17) is 9.52 Å². The summed E-state index contributed by atoms with van der Waals surface area (Å²) < 4.78 is 5.21. The van der Waals surface area contributed by atoms with E-state index in [-0.39, 0.29) is 5.76 Å². The standard InChI is InChI=1S/C14H18N2O3/c1-16(2)6-5-15-9-10-3-4-12-11(7-10)8-13(19-12)14(17)18/h3-4,7-8,15H,5-6,9H2,1-2H3,(H,17,18). The first-order chi connectivity index (χ1) is 9.06. The van der Waals surface area contributed by atoms with Crippen LogP contribution in [0.2, 0.25) is 0 Å². The van der Waals surface area contributed by atoms with Gasteiger partial charge < -0.3 is 19.7 Å². The van der Waals surface area contributed by atoms with E-state index in [1.165, 1.54) is 0 Å². The second kappa shape index (κ2) is 5.86. The first-order valence-electron chi connectivity index (χ1n) is 6.17. The molecule has 1 aromatic heterocycles. The summed E-state index contributed by atoms with van der Waals surface area (Å²) in [5, 5.41) is 13.0. The van der Waals surface area contributed by atoms with Gasteiger partial charge in [-0.15, -0.1) is 0 Å². The van der Waals surface area contributed by atoms with Crippen molar-refractivity contribution in [2.45, 2.75) is 6.54 Å². The highest BCUT2D eigenvalue weighted by molar-refractivity contribution is 5.91. The van der Waals surface area contributed by atoms with Gasteiger partial charge >= 0.3 is 5.97 Å².